The van der Waals surface area contributed by atoms with Gasteiger partial charge in [-0.05, 0) is 44.3 Å². The van der Waals surface area contributed by atoms with Crippen LogP contribution in [0.4, 0.5) is 0 Å². The van der Waals surface area contributed by atoms with Gasteiger partial charge in [0.15, 0.2) is 0 Å². The largest absolute Gasteiger partial charge is 0.313 e. The van der Waals surface area contributed by atoms with Crippen molar-refractivity contribution in [3.05, 3.63) is 35.9 Å². The van der Waals surface area contributed by atoms with Crippen LogP contribution in [0, 0.1) is 0 Å². The van der Waals surface area contributed by atoms with Crippen LogP contribution in [0.2, 0.25) is 0 Å². The molecule has 2 heteroatoms. The lowest BCUT2D eigenvalue weighted by molar-refractivity contribution is 0.161. The highest BCUT2D eigenvalue weighted by molar-refractivity contribution is 5.19. The standard InChI is InChI=1S/C18H30N2/c1-3-14-20(15-17-12-8-9-13-19-17)18(4-2)16-10-6-5-7-11-16/h5-7,10-11,17-19H,3-4,8-9,12-15H2,1-2H3. The third kappa shape index (κ3) is 4.32. The molecule has 2 nitrogen and oxygen atoms in total. The van der Waals surface area contributed by atoms with E-state index in [4.69, 9.17) is 0 Å². The third-order valence-electron chi connectivity index (χ3n) is 4.39. The summed E-state index contributed by atoms with van der Waals surface area (Å²) in [5, 5.41) is 3.70. The van der Waals surface area contributed by atoms with Crippen LogP contribution in [0.25, 0.3) is 0 Å². The van der Waals surface area contributed by atoms with Crippen molar-refractivity contribution in [1.29, 1.82) is 0 Å². The second-order valence-corrected chi connectivity index (χ2v) is 5.98. The zero-order valence-corrected chi connectivity index (χ0v) is 13.1. The van der Waals surface area contributed by atoms with Gasteiger partial charge in [0, 0.05) is 18.6 Å². The van der Waals surface area contributed by atoms with E-state index in [0.717, 1.165) is 0 Å². The molecule has 0 bridgehead atoms. The predicted octanol–water partition coefficient (Wildman–Crippen LogP) is 3.99. The van der Waals surface area contributed by atoms with Gasteiger partial charge in [0.25, 0.3) is 0 Å². The maximum absolute atomic E-state index is 3.70. The van der Waals surface area contributed by atoms with Crippen LogP contribution in [0.5, 0.6) is 0 Å². The minimum atomic E-state index is 0.569. The van der Waals surface area contributed by atoms with E-state index in [1.165, 1.54) is 57.3 Å². The summed E-state index contributed by atoms with van der Waals surface area (Å²) in [7, 11) is 0. The highest BCUT2D eigenvalue weighted by Crippen LogP contribution is 2.25. The fraction of sp³-hybridized carbons (Fsp3) is 0.667. The van der Waals surface area contributed by atoms with Crippen molar-refractivity contribution in [2.75, 3.05) is 19.6 Å². The Labute approximate surface area is 124 Å². The van der Waals surface area contributed by atoms with Crippen molar-refractivity contribution in [3.63, 3.8) is 0 Å². The summed E-state index contributed by atoms with van der Waals surface area (Å²) in [6.45, 7) is 8.20. The van der Waals surface area contributed by atoms with E-state index in [0.29, 0.717) is 12.1 Å². The average molecular weight is 274 g/mol. The summed E-state index contributed by atoms with van der Waals surface area (Å²) in [6.07, 6.45) is 6.50. The second kappa shape index (κ2) is 8.43. The molecule has 2 rings (SSSR count). The number of benzene rings is 1. The fourth-order valence-corrected chi connectivity index (χ4v) is 3.40. The smallest absolute Gasteiger partial charge is 0.0346 e. The van der Waals surface area contributed by atoms with Gasteiger partial charge in [0.1, 0.15) is 0 Å². The normalized spacial score (nSPS) is 21.1. The van der Waals surface area contributed by atoms with Gasteiger partial charge in [0.2, 0.25) is 0 Å². The van der Waals surface area contributed by atoms with E-state index in [2.05, 4.69) is 54.4 Å². The molecule has 2 unspecified atom stereocenters. The lowest BCUT2D eigenvalue weighted by Crippen LogP contribution is -2.45. The van der Waals surface area contributed by atoms with Crippen molar-refractivity contribution in [1.82, 2.24) is 10.2 Å². The molecule has 2 atom stereocenters. The molecule has 1 aliphatic rings. The summed E-state index contributed by atoms with van der Waals surface area (Å²) < 4.78 is 0. The van der Waals surface area contributed by atoms with Crippen LogP contribution < -0.4 is 5.32 Å². The van der Waals surface area contributed by atoms with Crippen LogP contribution in [0.15, 0.2) is 30.3 Å². The topological polar surface area (TPSA) is 15.3 Å². The first-order chi connectivity index (χ1) is 9.85. The van der Waals surface area contributed by atoms with Gasteiger partial charge in [-0.25, -0.2) is 0 Å². The molecule has 1 aromatic rings. The second-order valence-electron chi connectivity index (χ2n) is 5.98. The van der Waals surface area contributed by atoms with E-state index < -0.39 is 0 Å². The molecule has 0 aliphatic carbocycles. The molecule has 20 heavy (non-hydrogen) atoms. The number of nitrogens with zero attached hydrogens (tertiary/aromatic N) is 1. The number of rotatable bonds is 7. The first-order valence-electron chi connectivity index (χ1n) is 8.37. The Hall–Kier alpha value is -0.860. The molecule has 1 fully saturated rings. The van der Waals surface area contributed by atoms with Gasteiger partial charge in [-0.3, -0.25) is 4.90 Å². The summed E-state index contributed by atoms with van der Waals surface area (Å²) in [5.41, 5.74) is 1.47. The highest BCUT2D eigenvalue weighted by atomic mass is 15.2. The number of nitrogens with one attached hydrogen (secondary N) is 1. The Kier molecular flexibility index (Phi) is 6.55. The van der Waals surface area contributed by atoms with Gasteiger partial charge in [-0.2, -0.15) is 0 Å². The van der Waals surface area contributed by atoms with Gasteiger partial charge >= 0.3 is 0 Å². The number of piperidine rings is 1. The number of hydrogen-bond acceptors (Lipinski definition) is 2. The summed E-state index contributed by atoms with van der Waals surface area (Å²) in [5.74, 6) is 0. The van der Waals surface area contributed by atoms with Gasteiger partial charge < -0.3 is 5.32 Å². The highest BCUT2D eigenvalue weighted by Gasteiger charge is 2.22. The Morgan fingerprint density at radius 1 is 1.20 bits per heavy atom. The van der Waals surface area contributed by atoms with Crippen LogP contribution in [-0.4, -0.2) is 30.6 Å². The van der Waals surface area contributed by atoms with E-state index in [9.17, 15) is 0 Å². The Balaban J connectivity index is 2.04. The quantitative estimate of drug-likeness (QED) is 0.808. The summed E-state index contributed by atoms with van der Waals surface area (Å²) >= 11 is 0. The summed E-state index contributed by atoms with van der Waals surface area (Å²) in [4.78, 5) is 2.69. The van der Waals surface area contributed by atoms with Gasteiger partial charge in [-0.1, -0.05) is 50.6 Å². The molecule has 1 N–H and O–H groups in total. The van der Waals surface area contributed by atoms with Crippen LogP contribution >= 0.6 is 0 Å². The number of hydrogen-bond donors (Lipinski definition) is 1. The first kappa shape index (κ1) is 15.5. The molecule has 0 saturated carbocycles. The summed E-state index contributed by atoms with van der Waals surface area (Å²) in [6, 6.07) is 12.3. The lowest BCUT2D eigenvalue weighted by Gasteiger charge is -2.36. The molecular formula is C18H30N2. The SMILES string of the molecule is CCCN(CC1CCCCN1)C(CC)c1ccccc1. The minimum absolute atomic E-state index is 0.569. The molecule has 0 amide bonds. The van der Waals surface area contributed by atoms with E-state index in [1.54, 1.807) is 0 Å². The van der Waals surface area contributed by atoms with E-state index in [1.807, 2.05) is 0 Å². The zero-order chi connectivity index (χ0) is 14.2. The molecule has 1 aromatic carbocycles. The Bertz CT molecular complexity index is 357. The van der Waals surface area contributed by atoms with Crippen molar-refractivity contribution in [3.8, 4) is 0 Å². The molecule has 1 heterocycles. The molecule has 1 saturated heterocycles. The average Bonchev–Trinajstić information content (AvgIpc) is 2.50. The predicted molar refractivity (Wildman–Crippen MR) is 87.0 cm³/mol. The first-order valence-corrected chi connectivity index (χ1v) is 8.37. The molecule has 112 valence electrons. The van der Waals surface area contributed by atoms with Crippen molar-refractivity contribution in [2.24, 2.45) is 0 Å². The monoisotopic (exact) mass is 274 g/mol. The molecular weight excluding hydrogens is 244 g/mol. The molecule has 1 aliphatic heterocycles. The zero-order valence-electron chi connectivity index (χ0n) is 13.1. The lowest BCUT2D eigenvalue weighted by atomic mass is 9.99. The Morgan fingerprint density at radius 3 is 2.60 bits per heavy atom. The third-order valence-corrected chi connectivity index (χ3v) is 4.39. The van der Waals surface area contributed by atoms with E-state index in [-0.39, 0.29) is 0 Å². The van der Waals surface area contributed by atoms with Crippen molar-refractivity contribution >= 4 is 0 Å². The van der Waals surface area contributed by atoms with Gasteiger partial charge in [0.05, 0.1) is 0 Å². The van der Waals surface area contributed by atoms with E-state index >= 15 is 0 Å². The van der Waals surface area contributed by atoms with Crippen LogP contribution in [-0.2, 0) is 0 Å². The Morgan fingerprint density at radius 2 is 2.00 bits per heavy atom. The van der Waals surface area contributed by atoms with Gasteiger partial charge in [-0.15, -0.1) is 0 Å². The maximum Gasteiger partial charge on any atom is 0.0346 e. The molecule has 0 radical (unpaired) electrons. The maximum atomic E-state index is 3.70. The van der Waals surface area contributed by atoms with Crippen molar-refractivity contribution < 1.29 is 0 Å². The fourth-order valence-electron chi connectivity index (χ4n) is 3.40. The van der Waals surface area contributed by atoms with Crippen LogP contribution in [0.1, 0.15) is 57.6 Å². The molecule has 0 aromatic heterocycles. The van der Waals surface area contributed by atoms with Crippen LogP contribution in [0.3, 0.4) is 0 Å². The van der Waals surface area contributed by atoms with Crippen molar-refractivity contribution in [2.45, 2.75) is 58.0 Å². The minimum Gasteiger partial charge on any atom is -0.313 e. The molecule has 0 spiro atoms.